The highest BCUT2D eigenvalue weighted by Crippen LogP contribution is 2.10. The van der Waals surface area contributed by atoms with E-state index in [1.54, 1.807) is 0 Å². The van der Waals surface area contributed by atoms with E-state index in [2.05, 4.69) is 5.32 Å². The van der Waals surface area contributed by atoms with Gasteiger partial charge in [0.15, 0.2) is 0 Å². The first-order chi connectivity index (χ1) is 7.49. The molecule has 0 aliphatic rings. The highest BCUT2D eigenvalue weighted by atomic mass is 16.1. The van der Waals surface area contributed by atoms with Crippen molar-refractivity contribution in [3.63, 3.8) is 0 Å². The lowest BCUT2D eigenvalue weighted by Gasteiger charge is -2.15. The number of benzene rings is 1. The number of aryl methyl sites for hydroxylation is 1. The third kappa shape index (κ3) is 4.03. The number of anilines is 1. The summed E-state index contributed by atoms with van der Waals surface area (Å²) in [5.74, 6) is 0.300. The van der Waals surface area contributed by atoms with Gasteiger partial charge in [0.25, 0.3) is 0 Å². The number of carbonyl (C=O) groups is 1. The standard InChI is InChI=1S/C13H20N2O/c1-9(2)12(14)8-13(16)15-11-6-4-10(3)5-7-11/h4-7,9,12H,8,14H2,1-3H3,(H,15,16). The lowest BCUT2D eigenvalue weighted by atomic mass is 10.0. The Labute approximate surface area is 97.0 Å². The average Bonchev–Trinajstić information content (AvgIpc) is 2.21. The average molecular weight is 220 g/mol. The van der Waals surface area contributed by atoms with Crippen molar-refractivity contribution < 1.29 is 4.79 Å². The molecule has 3 heteroatoms. The summed E-state index contributed by atoms with van der Waals surface area (Å²) >= 11 is 0. The van der Waals surface area contributed by atoms with Crippen LogP contribution in [-0.2, 0) is 4.79 Å². The summed E-state index contributed by atoms with van der Waals surface area (Å²) in [5, 5.41) is 2.84. The summed E-state index contributed by atoms with van der Waals surface area (Å²) in [7, 11) is 0. The molecule has 0 heterocycles. The van der Waals surface area contributed by atoms with Crippen molar-refractivity contribution >= 4 is 11.6 Å². The number of nitrogens with two attached hydrogens (primary N) is 1. The highest BCUT2D eigenvalue weighted by Gasteiger charge is 2.12. The molecule has 1 aromatic rings. The molecule has 0 aliphatic heterocycles. The van der Waals surface area contributed by atoms with Gasteiger partial charge in [0.1, 0.15) is 0 Å². The zero-order valence-electron chi connectivity index (χ0n) is 10.2. The summed E-state index contributed by atoms with van der Waals surface area (Å²) in [6.45, 7) is 6.05. The first-order valence-electron chi connectivity index (χ1n) is 5.61. The molecule has 0 aromatic heterocycles. The Morgan fingerprint density at radius 1 is 1.31 bits per heavy atom. The molecular weight excluding hydrogens is 200 g/mol. The Morgan fingerprint density at radius 2 is 1.88 bits per heavy atom. The number of hydrogen-bond acceptors (Lipinski definition) is 2. The Bertz CT molecular complexity index is 343. The van der Waals surface area contributed by atoms with Crippen LogP contribution in [0.1, 0.15) is 25.8 Å². The van der Waals surface area contributed by atoms with Crippen molar-refractivity contribution in [2.75, 3.05) is 5.32 Å². The molecule has 3 nitrogen and oxygen atoms in total. The van der Waals surface area contributed by atoms with Gasteiger partial charge in [0.05, 0.1) is 0 Å². The van der Waals surface area contributed by atoms with E-state index in [-0.39, 0.29) is 11.9 Å². The zero-order chi connectivity index (χ0) is 12.1. The number of hydrogen-bond donors (Lipinski definition) is 2. The molecule has 0 aliphatic carbocycles. The predicted molar refractivity (Wildman–Crippen MR) is 67.2 cm³/mol. The second-order valence-electron chi connectivity index (χ2n) is 4.53. The van der Waals surface area contributed by atoms with Crippen LogP contribution in [0.25, 0.3) is 0 Å². The van der Waals surface area contributed by atoms with Crippen LogP contribution in [0.5, 0.6) is 0 Å². The minimum absolute atomic E-state index is 0.0231. The molecule has 0 fully saturated rings. The van der Waals surface area contributed by atoms with Gasteiger partial charge in [-0.15, -0.1) is 0 Å². The van der Waals surface area contributed by atoms with E-state index in [1.165, 1.54) is 5.56 Å². The van der Waals surface area contributed by atoms with Crippen molar-refractivity contribution in [1.29, 1.82) is 0 Å². The topological polar surface area (TPSA) is 55.1 Å². The predicted octanol–water partition coefficient (Wildman–Crippen LogP) is 2.31. The summed E-state index contributed by atoms with van der Waals surface area (Å²) in [6.07, 6.45) is 0.367. The largest absolute Gasteiger partial charge is 0.327 e. The number of amides is 1. The monoisotopic (exact) mass is 220 g/mol. The molecule has 0 saturated carbocycles. The van der Waals surface area contributed by atoms with Crippen LogP contribution in [0, 0.1) is 12.8 Å². The summed E-state index contributed by atoms with van der Waals surface area (Å²) in [4.78, 5) is 11.6. The van der Waals surface area contributed by atoms with Gasteiger partial charge in [0.2, 0.25) is 5.91 Å². The third-order valence-corrected chi connectivity index (χ3v) is 2.61. The Kier molecular flexibility index (Phi) is 4.50. The summed E-state index contributed by atoms with van der Waals surface area (Å²) < 4.78 is 0. The van der Waals surface area contributed by atoms with Crippen LogP contribution >= 0.6 is 0 Å². The fourth-order valence-electron chi connectivity index (χ4n) is 1.30. The van der Waals surface area contributed by atoms with Crippen LogP contribution in [0.2, 0.25) is 0 Å². The van der Waals surface area contributed by atoms with Crippen molar-refractivity contribution in [3.05, 3.63) is 29.8 Å². The van der Waals surface area contributed by atoms with E-state index in [9.17, 15) is 4.79 Å². The van der Waals surface area contributed by atoms with Crippen molar-refractivity contribution in [2.24, 2.45) is 11.7 Å². The SMILES string of the molecule is Cc1ccc(NC(=O)CC(N)C(C)C)cc1. The molecule has 1 amide bonds. The Hall–Kier alpha value is -1.35. The van der Waals surface area contributed by atoms with Crippen LogP contribution < -0.4 is 11.1 Å². The minimum Gasteiger partial charge on any atom is -0.327 e. The van der Waals surface area contributed by atoms with Gasteiger partial charge >= 0.3 is 0 Å². The maximum atomic E-state index is 11.6. The number of carbonyl (C=O) groups excluding carboxylic acids is 1. The molecule has 0 spiro atoms. The maximum Gasteiger partial charge on any atom is 0.225 e. The van der Waals surface area contributed by atoms with E-state index < -0.39 is 0 Å². The molecule has 3 N–H and O–H groups in total. The Morgan fingerprint density at radius 3 is 2.38 bits per heavy atom. The third-order valence-electron chi connectivity index (χ3n) is 2.61. The van der Waals surface area contributed by atoms with E-state index in [0.717, 1.165) is 5.69 Å². The van der Waals surface area contributed by atoms with Crippen molar-refractivity contribution in [1.82, 2.24) is 0 Å². The smallest absolute Gasteiger partial charge is 0.225 e. The van der Waals surface area contributed by atoms with E-state index in [1.807, 2.05) is 45.0 Å². The molecule has 88 valence electrons. The van der Waals surface area contributed by atoms with Gasteiger partial charge < -0.3 is 11.1 Å². The second-order valence-corrected chi connectivity index (χ2v) is 4.53. The lowest BCUT2D eigenvalue weighted by molar-refractivity contribution is -0.116. The van der Waals surface area contributed by atoms with Gasteiger partial charge in [-0.25, -0.2) is 0 Å². The molecule has 0 saturated heterocycles. The molecule has 1 atom stereocenters. The maximum absolute atomic E-state index is 11.6. The van der Waals surface area contributed by atoms with Gasteiger partial charge in [-0.1, -0.05) is 31.5 Å². The summed E-state index contributed by atoms with van der Waals surface area (Å²) in [5.41, 5.74) is 7.84. The van der Waals surface area contributed by atoms with Crippen molar-refractivity contribution in [2.45, 2.75) is 33.2 Å². The highest BCUT2D eigenvalue weighted by molar-refractivity contribution is 5.91. The fraction of sp³-hybridized carbons (Fsp3) is 0.462. The quantitative estimate of drug-likeness (QED) is 0.818. The number of rotatable bonds is 4. The van der Waals surface area contributed by atoms with E-state index in [0.29, 0.717) is 12.3 Å². The van der Waals surface area contributed by atoms with Gasteiger partial charge in [-0.05, 0) is 25.0 Å². The van der Waals surface area contributed by atoms with Crippen LogP contribution in [0.3, 0.4) is 0 Å². The van der Waals surface area contributed by atoms with E-state index >= 15 is 0 Å². The normalized spacial score (nSPS) is 12.6. The second kappa shape index (κ2) is 5.66. The van der Waals surface area contributed by atoms with Crippen molar-refractivity contribution in [3.8, 4) is 0 Å². The molecule has 1 rings (SSSR count). The fourth-order valence-corrected chi connectivity index (χ4v) is 1.30. The van der Waals surface area contributed by atoms with Crippen LogP contribution in [0.4, 0.5) is 5.69 Å². The van der Waals surface area contributed by atoms with Gasteiger partial charge in [-0.2, -0.15) is 0 Å². The Balaban J connectivity index is 2.48. The first kappa shape index (κ1) is 12.7. The summed E-state index contributed by atoms with van der Waals surface area (Å²) in [6, 6.07) is 7.66. The zero-order valence-corrected chi connectivity index (χ0v) is 10.2. The van der Waals surface area contributed by atoms with Crippen LogP contribution in [-0.4, -0.2) is 11.9 Å². The molecule has 1 unspecified atom stereocenters. The minimum atomic E-state index is -0.0783. The number of nitrogens with one attached hydrogen (secondary N) is 1. The molecule has 0 radical (unpaired) electrons. The molecule has 0 bridgehead atoms. The van der Waals surface area contributed by atoms with Gasteiger partial charge in [0, 0.05) is 18.2 Å². The van der Waals surface area contributed by atoms with Crippen LogP contribution in [0.15, 0.2) is 24.3 Å². The van der Waals surface area contributed by atoms with Gasteiger partial charge in [-0.3, -0.25) is 4.79 Å². The molecule has 16 heavy (non-hydrogen) atoms. The van der Waals surface area contributed by atoms with E-state index in [4.69, 9.17) is 5.73 Å². The molecule has 1 aromatic carbocycles. The first-order valence-corrected chi connectivity index (χ1v) is 5.61. The lowest BCUT2D eigenvalue weighted by Crippen LogP contribution is -2.31. The molecular formula is C13H20N2O.